The minimum Gasteiger partial charge on any atom is -0.455 e. The fourth-order valence-corrected chi connectivity index (χ4v) is 3.33. The highest BCUT2D eigenvalue weighted by molar-refractivity contribution is 5.93. The Hall–Kier alpha value is -3.42. The number of aromatic nitrogens is 2. The van der Waals surface area contributed by atoms with E-state index in [4.69, 9.17) is 4.74 Å². The van der Waals surface area contributed by atoms with Crippen molar-refractivity contribution in [1.29, 1.82) is 0 Å². The summed E-state index contributed by atoms with van der Waals surface area (Å²) in [6.07, 6.45) is 4.38. The van der Waals surface area contributed by atoms with Crippen LogP contribution in [0.15, 0.2) is 42.5 Å². The van der Waals surface area contributed by atoms with E-state index in [0.717, 1.165) is 11.3 Å². The zero-order chi connectivity index (χ0) is 21.5. The van der Waals surface area contributed by atoms with Gasteiger partial charge < -0.3 is 15.0 Å². The smallest absolute Gasteiger partial charge is 0.309 e. The van der Waals surface area contributed by atoms with Crippen molar-refractivity contribution in [2.45, 2.75) is 19.8 Å². The standard InChI is InChI=1S/C22H26N4O4/c1-16-14-19(25(2)24-16)23-20(27)15-30-22(29)18-10-12-26(13-11-18)21(28)9-8-17-6-4-3-5-7-17/h3-9,14,18H,10-13,15H2,1-2H3,(H,23,27)/b9-8+. The summed E-state index contributed by atoms with van der Waals surface area (Å²) in [5.74, 6) is -0.650. The van der Waals surface area contributed by atoms with Crippen LogP contribution in [0.1, 0.15) is 24.1 Å². The Morgan fingerprint density at radius 2 is 1.90 bits per heavy atom. The van der Waals surface area contributed by atoms with Gasteiger partial charge in [0.15, 0.2) is 6.61 Å². The van der Waals surface area contributed by atoms with E-state index in [2.05, 4.69) is 10.4 Å². The number of aryl methyl sites for hydroxylation is 2. The number of amides is 2. The molecule has 3 rings (SSSR count). The second-order valence-corrected chi connectivity index (χ2v) is 7.29. The molecular formula is C22H26N4O4. The van der Waals surface area contributed by atoms with Gasteiger partial charge in [0.25, 0.3) is 5.91 Å². The van der Waals surface area contributed by atoms with Crippen LogP contribution in [0.3, 0.4) is 0 Å². The molecular weight excluding hydrogens is 384 g/mol. The van der Waals surface area contributed by atoms with Crippen molar-refractivity contribution in [1.82, 2.24) is 14.7 Å². The second kappa shape index (κ2) is 9.87. The number of rotatable bonds is 6. The summed E-state index contributed by atoms with van der Waals surface area (Å²) in [7, 11) is 1.72. The Morgan fingerprint density at radius 1 is 1.20 bits per heavy atom. The molecule has 1 aromatic heterocycles. The fourth-order valence-electron chi connectivity index (χ4n) is 3.33. The van der Waals surface area contributed by atoms with E-state index < -0.39 is 11.9 Å². The first kappa shape index (κ1) is 21.3. The monoisotopic (exact) mass is 410 g/mol. The average molecular weight is 410 g/mol. The molecule has 8 heteroatoms. The first-order valence-corrected chi connectivity index (χ1v) is 9.91. The van der Waals surface area contributed by atoms with E-state index in [1.807, 2.05) is 37.3 Å². The Morgan fingerprint density at radius 3 is 2.53 bits per heavy atom. The van der Waals surface area contributed by atoms with Gasteiger partial charge in [-0.15, -0.1) is 0 Å². The molecule has 0 radical (unpaired) electrons. The van der Waals surface area contributed by atoms with Crippen LogP contribution >= 0.6 is 0 Å². The normalized spacial score (nSPS) is 14.7. The van der Waals surface area contributed by atoms with Gasteiger partial charge in [-0.05, 0) is 31.4 Å². The van der Waals surface area contributed by atoms with Crippen LogP contribution in [-0.2, 0) is 26.2 Å². The minimum absolute atomic E-state index is 0.0727. The van der Waals surface area contributed by atoms with E-state index in [-0.39, 0.29) is 18.4 Å². The summed E-state index contributed by atoms with van der Waals surface area (Å²) >= 11 is 0. The molecule has 30 heavy (non-hydrogen) atoms. The number of likely N-dealkylation sites (tertiary alicyclic amines) is 1. The number of nitrogens with zero attached hydrogens (tertiary/aromatic N) is 3. The lowest BCUT2D eigenvalue weighted by molar-refractivity contribution is -0.153. The SMILES string of the molecule is Cc1cc(NC(=O)COC(=O)C2CCN(C(=O)/C=C/c3ccccc3)CC2)n(C)n1. The maximum atomic E-state index is 12.3. The van der Waals surface area contributed by atoms with Crippen molar-refractivity contribution in [2.24, 2.45) is 13.0 Å². The van der Waals surface area contributed by atoms with Gasteiger partial charge in [0, 0.05) is 32.3 Å². The van der Waals surface area contributed by atoms with Gasteiger partial charge in [-0.2, -0.15) is 5.10 Å². The molecule has 1 aliphatic heterocycles. The van der Waals surface area contributed by atoms with Crippen LogP contribution in [0.5, 0.6) is 0 Å². The first-order chi connectivity index (χ1) is 14.4. The van der Waals surface area contributed by atoms with E-state index in [0.29, 0.717) is 31.7 Å². The molecule has 1 N–H and O–H groups in total. The highest BCUT2D eigenvalue weighted by Crippen LogP contribution is 2.19. The van der Waals surface area contributed by atoms with Crippen molar-refractivity contribution >= 4 is 29.7 Å². The number of hydrogen-bond donors (Lipinski definition) is 1. The third-order valence-corrected chi connectivity index (χ3v) is 4.97. The number of carbonyl (C=O) groups is 3. The topological polar surface area (TPSA) is 93.5 Å². The minimum atomic E-state index is -0.412. The number of carbonyl (C=O) groups excluding carboxylic acids is 3. The maximum absolute atomic E-state index is 12.3. The first-order valence-electron chi connectivity index (χ1n) is 9.91. The summed E-state index contributed by atoms with van der Waals surface area (Å²) < 4.78 is 6.71. The van der Waals surface area contributed by atoms with Crippen molar-refractivity contribution in [3.05, 3.63) is 53.7 Å². The highest BCUT2D eigenvalue weighted by atomic mass is 16.5. The lowest BCUT2D eigenvalue weighted by Gasteiger charge is -2.30. The van der Waals surface area contributed by atoms with Crippen molar-refractivity contribution in [2.75, 3.05) is 25.0 Å². The Balaban J connectivity index is 1.40. The third-order valence-electron chi connectivity index (χ3n) is 4.97. The Bertz CT molecular complexity index is 928. The van der Waals surface area contributed by atoms with Crippen molar-refractivity contribution in [3.8, 4) is 0 Å². The number of esters is 1. The Kier molecular flexibility index (Phi) is 7.00. The lowest BCUT2D eigenvalue weighted by Crippen LogP contribution is -2.40. The van der Waals surface area contributed by atoms with E-state index in [1.165, 1.54) is 0 Å². The van der Waals surface area contributed by atoms with Gasteiger partial charge in [0.05, 0.1) is 11.6 Å². The van der Waals surface area contributed by atoms with Crippen LogP contribution in [-0.4, -0.2) is 52.2 Å². The van der Waals surface area contributed by atoms with Crippen molar-refractivity contribution < 1.29 is 19.1 Å². The van der Waals surface area contributed by atoms with E-state index in [1.54, 1.807) is 34.8 Å². The summed E-state index contributed by atoms with van der Waals surface area (Å²) in [6.45, 7) is 2.45. The zero-order valence-corrected chi connectivity index (χ0v) is 17.2. The maximum Gasteiger partial charge on any atom is 0.309 e. The molecule has 0 saturated carbocycles. The van der Waals surface area contributed by atoms with Crippen LogP contribution in [0.4, 0.5) is 5.82 Å². The number of nitrogens with one attached hydrogen (secondary N) is 1. The van der Waals surface area contributed by atoms with Gasteiger partial charge in [0.1, 0.15) is 5.82 Å². The summed E-state index contributed by atoms with van der Waals surface area (Å²) in [5, 5.41) is 6.80. The molecule has 1 aromatic carbocycles. The van der Waals surface area contributed by atoms with Crippen molar-refractivity contribution in [3.63, 3.8) is 0 Å². The molecule has 2 heterocycles. The predicted molar refractivity (Wildman–Crippen MR) is 112 cm³/mol. The molecule has 0 aliphatic carbocycles. The van der Waals surface area contributed by atoms with Gasteiger partial charge >= 0.3 is 5.97 Å². The molecule has 1 saturated heterocycles. The number of piperidine rings is 1. The molecule has 2 aromatic rings. The Labute approximate surface area is 175 Å². The van der Waals surface area contributed by atoms with Gasteiger partial charge in [-0.1, -0.05) is 30.3 Å². The molecule has 158 valence electrons. The van der Waals surface area contributed by atoms with E-state index >= 15 is 0 Å². The molecule has 1 aliphatic rings. The fraction of sp³-hybridized carbons (Fsp3) is 0.364. The van der Waals surface area contributed by atoms with Gasteiger partial charge in [-0.25, -0.2) is 0 Å². The number of benzene rings is 1. The number of hydrogen-bond acceptors (Lipinski definition) is 5. The number of anilines is 1. The zero-order valence-electron chi connectivity index (χ0n) is 17.2. The summed E-state index contributed by atoms with van der Waals surface area (Å²) in [4.78, 5) is 38.3. The third kappa shape index (κ3) is 5.79. The molecule has 2 amide bonds. The number of ether oxygens (including phenoxy) is 1. The van der Waals surface area contributed by atoms with Crippen LogP contribution in [0, 0.1) is 12.8 Å². The molecule has 0 bridgehead atoms. The largest absolute Gasteiger partial charge is 0.455 e. The highest BCUT2D eigenvalue weighted by Gasteiger charge is 2.28. The molecule has 8 nitrogen and oxygen atoms in total. The predicted octanol–water partition coefficient (Wildman–Crippen LogP) is 2.16. The average Bonchev–Trinajstić information content (AvgIpc) is 3.07. The molecule has 0 atom stereocenters. The second-order valence-electron chi connectivity index (χ2n) is 7.29. The van der Waals surface area contributed by atoms with Crippen LogP contribution in [0.25, 0.3) is 6.08 Å². The summed E-state index contributed by atoms with van der Waals surface area (Å²) in [6, 6.07) is 11.3. The van der Waals surface area contributed by atoms with Crippen LogP contribution < -0.4 is 5.32 Å². The molecule has 1 fully saturated rings. The van der Waals surface area contributed by atoms with E-state index in [9.17, 15) is 14.4 Å². The lowest BCUT2D eigenvalue weighted by atomic mass is 9.97. The van der Waals surface area contributed by atoms with Gasteiger partial charge in [-0.3, -0.25) is 19.1 Å². The van der Waals surface area contributed by atoms with Crippen LogP contribution in [0.2, 0.25) is 0 Å². The molecule has 0 spiro atoms. The molecule has 0 unspecified atom stereocenters. The van der Waals surface area contributed by atoms with Gasteiger partial charge in [0.2, 0.25) is 5.91 Å². The summed E-state index contributed by atoms with van der Waals surface area (Å²) in [5.41, 5.74) is 1.74. The quantitative estimate of drug-likeness (QED) is 0.582.